The number of benzene rings is 4. The number of hydrogen-bond donors (Lipinski definition) is 0. The van der Waals surface area contributed by atoms with Gasteiger partial charge in [-0.25, -0.2) is 9.55 Å². The lowest BCUT2D eigenvalue weighted by Gasteiger charge is -2.12. The monoisotopic (exact) mass is 450 g/mol. The molecule has 0 spiro atoms. The molecule has 7 aromatic rings. The third-order valence-corrected chi connectivity index (χ3v) is 7.27. The van der Waals surface area contributed by atoms with Crippen LogP contribution in [-0.4, -0.2) is 9.55 Å². The highest BCUT2D eigenvalue weighted by atomic mass is 15.0. The SMILES string of the molecule is Cc1c(-c2c3ccc(-n4c5ccccc5c5cccnc54)cc3cc[n+]2C)ccc2ccccc12. The number of rotatable bonds is 2. The van der Waals surface area contributed by atoms with Gasteiger partial charge in [-0.3, -0.25) is 4.57 Å². The number of hydrogen-bond acceptors (Lipinski definition) is 1. The minimum atomic E-state index is 0.986. The number of aryl methyl sites for hydroxylation is 2. The van der Waals surface area contributed by atoms with Gasteiger partial charge in [-0.2, -0.15) is 0 Å². The Kier molecular flexibility index (Phi) is 4.27. The van der Waals surface area contributed by atoms with Gasteiger partial charge >= 0.3 is 0 Å². The Morgan fingerprint density at radius 2 is 1.49 bits per heavy atom. The van der Waals surface area contributed by atoms with Crippen molar-refractivity contribution in [3.8, 4) is 16.9 Å². The molecule has 0 saturated carbocycles. The second-order valence-corrected chi connectivity index (χ2v) is 9.23. The average molecular weight is 451 g/mol. The lowest BCUT2D eigenvalue weighted by Crippen LogP contribution is -2.30. The van der Waals surface area contributed by atoms with Gasteiger partial charge in [0.15, 0.2) is 6.20 Å². The van der Waals surface area contributed by atoms with E-state index in [0.717, 1.165) is 11.3 Å². The Labute approximate surface area is 203 Å². The van der Waals surface area contributed by atoms with Crippen LogP contribution in [0.2, 0.25) is 0 Å². The molecule has 0 unspecified atom stereocenters. The third-order valence-electron chi connectivity index (χ3n) is 7.27. The van der Waals surface area contributed by atoms with Crippen molar-refractivity contribution in [2.24, 2.45) is 7.05 Å². The summed E-state index contributed by atoms with van der Waals surface area (Å²) in [5.41, 5.74) is 7.09. The van der Waals surface area contributed by atoms with Crippen molar-refractivity contribution in [2.75, 3.05) is 0 Å². The van der Waals surface area contributed by atoms with E-state index in [1.807, 2.05) is 12.3 Å². The van der Waals surface area contributed by atoms with Gasteiger partial charge in [0, 0.05) is 28.7 Å². The van der Waals surface area contributed by atoms with Crippen molar-refractivity contribution < 1.29 is 4.57 Å². The summed E-state index contributed by atoms with van der Waals surface area (Å²) in [6.07, 6.45) is 4.04. The lowest BCUT2D eigenvalue weighted by atomic mass is 9.95. The molecule has 3 aromatic heterocycles. The largest absolute Gasteiger partial charge is 0.294 e. The molecular weight excluding hydrogens is 426 g/mol. The summed E-state index contributed by atoms with van der Waals surface area (Å²) in [7, 11) is 2.13. The molecular formula is C32H24N3+. The van der Waals surface area contributed by atoms with E-state index < -0.39 is 0 Å². The van der Waals surface area contributed by atoms with E-state index in [9.17, 15) is 0 Å². The molecule has 0 fully saturated rings. The molecule has 0 atom stereocenters. The van der Waals surface area contributed by atoms with Crippen molar-refractivity contribution in [1.82, 2.24) is 9.55 Å². The van der Waals surface area contributed by atoms with Crippen LogP contribution in [0.4, 0.5) is 0 Å². The molecule has 0 bridgehead atoms. The smallest absolute Gasteiger partial charge is 0.220 e. The fraction of sp³-hybridized carbons (Fsp3) is 0.0625. The van der Waals surface area contributed by atoms with Crippen LogP contribution in [0.3, 0.4) is 0 Å². The molecule has 0 aliphatic rings. The first kappa shape index (κ1) is 19.9. The second-order valence-electron chi connectivity index (χ2n) is 9.23. The van der Waals surface area contributed by atoms with E-state index >= 15 is 0 Å². The molecule has 0 N–H and O–H groups in total. The summed E-state index contributed by atoms with van der Waals surface area (Å²) in [5.74, 6) is 0. The van der Waals surface area contributed by atoms with Gasteiger partial charge in [-0.05, 0) is 71.1 Å². The van der Waals surface area contributed by atoms with Crippen molar-refractivity contribution in [1.29, 1.82) is 0 Å². The van der Waals surface area contributed by atoms with Crippen molar-refractivity contribution in [3.05, 3.63) is 115 Å². The Bertz CT molecular complexity index is 1870. The highest BCUT2D eigenvalue weighted by Crippen LogP contribution is 2.35. The maximum Gasteiger partial charge on any atom is 0.220 e. The van der Waals surface area contributed by atoms with Crippen molar-refractivity contribution >= 4 is 43.5 Å². The van der Waals surface area contributed by atoms with Crippen molar-refractivity contribution in [3.63, 3.8) is 0 Å². The van der Waals surface area contributed by atoms with Gasteiger partial charge in [-0.15, -0.1) is 0 Å². The number of fused-ring (bicyclic) bond motifs is 5. The van der Waals surface area contributed by atoms with Gasteiger partial charge < -0.3 is 0 Å². The van der Waals surface area contributed by atoms with Crippen molar-refractivity contribution in [2.45, 2.75) is 6.92 Å². The fourth-order valence-corrected chi connectivity index (χ4v) is 5.58. The average Bonchev–Trinajstić information content (AvgIpc) is 3.24. The molecule has 0 aliphatic carbocycles. The van der Waals surface area contributed by atoms with Crippen LogP contribution >= 0.6 is 0 Å². The normalized spacial score (nSPS) is 11.7. The number of para-hydroxylation sites is 1. The fourth-order valence-electron chi connectivity index (χ4n) is 5.58. The van der Waals surface area contributed by atoms with Crippen LogP contribution in [0.15, 0.2) is 109 Å². The van der Waals surface area contributed by atoms with Crippen LogP contribution in [0, 0.1) is 6.92 Å². The second kappa shape index (κ2) is 7.51. The Hall–Kier alpha value is -4.50. The summed E-state index contributed by atoms with van der Waals surface area (Å²) in [6.45, 7) is 2.23. The zero-order valence-electron chi connectivity index (χ0n) is 19.7. The molecule has 0 aliphatic heterocycles. The zero-order chi connectivity index (χ0) is 23.5. The molecule has 35 heavy (non-hydrogen) atoms. The van der Waals surface area contributed by atoms with Gasteiger partial charge in [0.25, 0.3) is 0 Å². The molecule has 4 aromatic carbocycles. The van der Waals surface area contributed by atoms with Crippen LogP contribution in [0.25, 0.3) is 60.4 Å². The predicted octanol–water partition coefficient (Wildman–Crippen LogP) is 7.29. The van der Waals surface area contributed by atoms with Crippen LogP contribution in [-0.2, 0) is 7.05 Å². The van der Waals surface area contributed by atoms with E-state index in [-0.39, 0.29) is 0 Å². The Morgan fingerprint density at radius 1 is 0.686 bits per heavy atom. The molecule has 166 valence electrons. The summed E-state index contributed by atoms with van der Waals surface area (Å²) in [5, 5.41) is 7.43. The molecule has 3 heteroatoms. The molecule has 3 nitrogen and oxygen atoms in total. The van der Waals surface area contributed by atoms with E-state index in [2.05, 4.69) is 120 Å². The van der Waals surface area contributed by atoms with Gasteiger partial charge in [-0.1, -0.05) is 48.5 Å². The summed E-state index contributed by atoms with van der Waals surface area (Å²) < 4.78 is 4.51. The first-order valence-corrected chi connectivity index (χ1v) is 12.0. The van der Waals surface area contributed by atoms with Crippen LogP contribution in [0.5, 0.6) is 0 Å². The van der Waals surface area contributed by atoms with E-state index in [1.54, 1.807) is 0 Å². The number of pyridine rings is 2. The maximum absolute atomic E-state index is 4.75. The third kappa shape index (κ3) is 2.91. The quantitative estimate of drug-likeness (QED) is 0.254. The van der Waals surface area contributed by atoms with Crippen LogP contribution < -0.4 is 4.57 Å². The Morgan fingerprint density at radius 3 is 2.40 bits per heavy atom. The summed E-state index contributed by atoms with van der Waals surface area (Å²) in [6, 6.07) is 34.8. The first-order chi connectivity index (χ1) is 17.2. The minimum absolute atomic E-state index is 0.986. The van der Waals surface area contributed by atoms with Gasteiger partial charge in [0.05, 0.1) is 16.5 Å². The molecule has 7 rings (SSSR count). The van der Waals surface area contributed by atoms with Gasteiger partial charge in [0.2, 0.25) is 5.69 Å². The topological polar surface area (TPSA) is 21.7 Å². The molecule has 0 amide bonds. The lowest BCUT2D eigenvalue weighted by molar-refractivity contribution is -0.659. The Balaban J connectivity index is 1.49. The number of nitrogens with zero attached hydrogens (tertiary/aromatic N) is 3. The molecule has 0 saturated heterocycles. The molecule has 0 radical (unpaired) electrons. The summed E-state index contributed by atoms with van der Waals surface area (Å²) >= 11 is 0. The van der Waals surface area contributed by atoms with Crippen LogP contribution in [0.1, 0.15) is 5.56 Å². The molecule has 3 heterocycles. The summed E-state index contributed by atoms with van der Waals surface area (Å²) in [4.78, 5) is 4.75. The zero-order valence-corrected chi connectivity index (χ0v) is 19.7. The minimum Gasteiger partial charge on any atom is -0.294 e. The highest BCUT2D eigenvalue weighted by Gasteiger charge is 2.19. The highest BCUT2D eigenvalue weighted by molar-refractivity contribution is 6.08. The van der Waals surface area contributed by atoms with Gasteiger partial charge in [0.1, 0.15) is 12.7 Å². The van der Waals surface area contributed by atoms with E-state index in [0.29, 0.717) is 0 Å². The first-order valence-electron chi connectivity index (χ1n) is 12.0. The standard InChI is InChI=1S/C32H24N3/c1-21-25-9-4-3-8-22(25)13-15-26(21)31-27-16-14-24(20-23(27)17-19-34(31)2)35-30-12-6-5-10-28(30)29-11-7-18-33-32(29)35/h3-20H,1-2H3/q+1. The van der Waals surface area contributed by atoms with E-state index in [1.165, 1.54) is 54.7 Å². The predicted molar refractivity (Wildman–Crippen MR) is 145 cm³/mol. The van der Waals surface area contributed by atoms with E-state index in [4.69, 9.17) is 4.98 Å². The number of aromatic nitrogens is 3. The maximum atomic E-state index is 4.75.